The van der Waals surface area contributed by atoms with Gasteiger partial charge in [0.15, 0.2) is 0 Å². The maximum Gasteiger partial charge on any atom is 0.251 e. The molecule has 2 nitrogen and oxygen atoms in total. The number of benzene rings is 2. The van der Waals surface area contributed by atoms with Crippen LogP contribution >= 0.6 is 0 Å². The molecule has 2 aromatic carbocycles. The van der Waals surface area contributed by atoms with Gasteiger partial charge >= 0.3 is 0 Å². The van der Waals surface area contributed by atoms with Gasteiger partial charge in [-0.15, -0.1) is 0 Å². The zero-order valence-electron chi connectivity index (χ0n) is 11.1. The van der Waals surface area contributed by atoms with Crippen molar-refractivity contribution >= 4 is 5.91 Å². The highest BCUT2D eigenvalue weighted by Gasteiger charge is 2.44. The summed E-state index contributed by atoms with van der Waals surface area (Å²) in [5, 5.41) is 2.92. The quantitative estimate of drug-likeness (QED) is 0.906. The lowest BCUT2D eigenvalue weighted by Gasteiger charge is -2.16. The van der Waals surface area contributed by atoms with E-state index in [1.54, 1.807) is 12.1 Å². The summed E-state index contributed by atoms with van der Waals surface area (Å²) < 4.78 is 13.1. The van der Waals surface area contributed by atoms with E-state index in [2.05, 4.69) is 17.4 Å². The molecule has 0 heterocycles. The molecule has 0 saturated heterocycles. The van der Waals surface area contributed by atoms with Gasteiger partial charge in [-0.05, 0) is 36.6 Å². The van der Waals surface area contributed by atoms with Crippen LogP contribution in [-0.2, 0) is 5.41 Å². The average molecular weight is 269 g/mol. The van der Waals surface area contributed by atoms with Gasteiger partial charge in [0.2, 0.25) is 0 Å². The van der Waals surface area contributed by atoms with Gasteiger partial charge in [-0.1, -0.05) is 36.4 Å². The molecule has 3 rings (SSSR count). The molecule has 1 fully saturated rings. The maximum atomic E-state index is 13.1. The first kappa shape index (κ1) is 12.9. The van der Waals surface area contributed by atoms with Crippen molar-refractivity contribution in [1.82, 2.24) is 5.32 Å². The van der Waals surface area contributed by atoms with Crippen LogP contribution < -0.4 is 5.32 Å². The summed E-state index contributed by atoms with van der Waals surface area (Å²) in [5.74, 6) is -0.603. The van der Waals surface area contributed by atoms with Crippen LogP contribution in [0.2, 0.25) is 0 Å². The fourth-order valence-corrected chi connectivity index (χ4v) is 2.49. The molecule has 1 saturated carbocycles. The summed E-state index contributed by atoms with van der Waals surface area (Å²) in [6, 6.07) is 16.0. The van der Waals surface area contributed by atoms with Crippen molar-refractivity contribution in [2.24, 2.45) is 0 Å². The molecule has 0 radical (unpaired) electrons. The molecule has 102 valence electrons. The molecule has 1 aliphatic rings. The first-order chi connectivity index (χ1) is 9.70. The maximum absolute atomic E-state index is 13.1. The fraction of sp³-hybridized carbons (Fsp3) is 0.235. The molecule has 0 unspecified atom stereocenters. The van der Waals surface area contributed by atoms with Crippen LogP contribution in [0.25, 0.3) is 0 Å². The summed E-state index contributed by atoms with van der Waals surface area (Å²) in [4.78, 5) is 12.0. The highest BCUT2D eigenvalue weighted by molar-refractivity contribution is 5.94. The molecule has 0 bridgehead atoms. The number of halogens is 1. The molecule has 3 heteroatoms. The van der Waals surface area contributed by atoms with Gasteiger partial charge in [0.25, 0.3) is 5.91 Å². The second-order valence-corrected chi connectivity index (χ2v) is 5.34. The summed E-state index contributed by atoms with van der Waals surface area (Å²) in [5.41, 5.74) is 1.71. The zero-order chi connectivity index (χ0) is 14.0. The summed E-state index contributed by atoms with van der Waals surface area (Å²) in [6.07, 6.45) is 2.17. The normalized spacial score (nSPS) is 15.7. The predicted octanol–water partition coefficient (Wildman–Crippen LogP) is 3.29. The van der Waals surface area contributed by atoms with Crippen molar-refractivity contribution in [3.8, 4) is 0 Å². The number of nitrogens with one attached hydrogen (secondary N) is 1. The van der Waals surface area contributed by atoms with Gasteiger partial charge in [-0.3, -0.25) is 4.79 Å². The molecule has 1 aliphatic carbocycles. The summed E-state index contributed by atoms with van der Waals surface area (Å²) in [6.45, 7) is 0.604. The van der Waals surface area contributed by atoms with Crippen LogP contribution in [0.15, 0.2) is 54.6 Å². The van der Waals surface area contributed by atoms with Crippen molar-refractivity contribution in [1.29, 1.82) is 0 Å². The molecule has 0 spiro atoms. The van der Waals surface area contributed by atoms with Gasteiger partial charge < -0.3 is 5.32 Å². The van der Waals surface area contributed by atoms with Crippen molar-refractivity contribution in [2.75, 3.05) is 6.54 Å². The lowest BCUT2D eigenvalue weighted by Crippen LogP contribution is -2.32. The van der Waals surface area contributed by atoms with Crippen molar-refractivity contribution in [3.63, 3.8) is 0 Å². The van der Waals surface area contributed by atoms with E-state index in [9.17, 15) is 9.18 Å². The van der Waals surface area contributed by atoms with Gasteiger partial charge in [0.05, 0.1) is 0 Å². The third kappa shape index (κ3) is 2.57. The van der Waals surface area contributed by atoms with E-state index < -0.39 is 0 Å². The topological polar surface area (TPSA) is 29.1 Å². The molecule has 0 aliphatic heterocycles. The lowest BCUT2D eigenvalue weighted by atomic mass is 9.96. The van der Waals surface area contributed by atoms with Crippen LogP contribution in [0, 0.1) is 5.82 Å². The van der Waals surface area contributed by atoms with Crippen LogP contribution in [0.1, 0.15) is 28.8 Å². The van der Waals surface area contributed by atoms with E-state index in [0.29, 0.717) is 12.1 Å². The van der Waals surface area contributed by atoms with Crippen molar-refractivity contribution in [3.05, 3.63) is 71.5 Å². The smallest absolute Gasteiger partial charge is 0.251 e. The van der Waals surface area contributed by atoms with Gasteiger partial charge in [-0.25, -0.2) is 4.39 Å². The second-order valence-electron chi connectivity index (χ2n) is 5.34. The van der Waals surface area contributed by atoms with Gasteiger partial charge in [0.1, 0.15) is 5.82 Å². The molecule has 1 N–H and O–H groups in total. The molecule has 20 heavy (non-hydrogen) atoms. The number of carbonyl (C=O) groups is 1. The number of amides is 1. The third-order valence-electron chi connectivity index (χ3n) is 3.91. The molecule has 2 aromatic rings. The monoisotopic (exact) mass is 269 g/mol. The summed E-state index contributed by atoms with van der Waals surface area (Å²) >= 11 is 0. The minimum absolute atomic E-state index is 0.0737. The van der Waals surface area contributed by atoms with Crippen LogP contribution in [0.4, 0.5) is 4.39 Å². The largest absolute Gasteiger partial charge is 0.351 e. The molecular formula is C17H16FNO. The Bertz CT molecular complexity index is 620. The molecule has 0 atom stereocenters. The van der Waals surface area contributed by atoms with Crippen LogP contribution in [-0.4, -0.2) is 12.5 Å². The van der Waals surface area contributed by atoms with Crippen molar-refractivity contribution in [2.45, 2.75) is 18.3 Å². The minimum Gasteiger partial charge on any atom is -0.351 e. The standard InChI is InChI=1S/C17H16FNO/c18-15-8-4-5-13(11-15)16(20)19-12-17(9-10-17)14-6-2-1-3-7-14/h1-8,11H,9-10,12H2,(H,19,20). The van der Waals surface area contributed by atoms with E-state index in [1.165, 1.54) is 17.7 Å². The molecule has 0 aromatic heterocycles. The van der Waals surface area contributed by atoms with Crippen molar-refractivity contribution < 1.29 is 9.18 Å². The highest BCUT2D eigenvalue weighted by Crippen LogP contribution is 2.47. The average Bonchev–Trinajstić information content (AvgIpc) is 3.27. The highest BCUT2D eigenvalue weighted by atomic mass is 19.1. The summed E-state index contributed by atoms with van der Waals surface area (Å²) in [7, 11) is 0. The Morgan fingerprint density at radius 2 is 1.85 bits per heavy atom. The number of rotatable bonds is 4. The zero-order valence-corrected chi connectivity index (χ0v) is 11.1. The Morgan fingerprint density at radius 1 is 1.10 bits per heavy atom. The first-order valence-electron chi connectivity index (χ1n) is 6.79. The fourth-order valence-electron chi connectivity index (χ4n) is 2.49. The number of hydrogen-bond acceptors (Lipinski definition) is 1. The van der Waals surface area contributed by atoms with E-state index in [4.69, 9.17) is 0 Å². The Labute approximate surface area is 117 Å². The van der Waals surface area contributed by atoms with Gasteiger partial charge in [0, 0.05) is 17.5 Å². The minimum atomic E-state index is -0.387. The van der Waals surface area contributed by atoms with E-state index in [1.807, 2.05) is 18.2 Å². The first-order valence-corrected chi connectivity index (χ1v) is 6.79. The van der Waals surface area contributed by atoms with Gasteiger partial charge in [-0.2, -0.15) is 0 Å². The number of carbonyl (C=O) groups excluding carboxylic acids is 1. The van der Waals surface area contributed by atoms with Crippen LogP contribution in [0.3, 0.4) is 0 Å². The Balaban J connectivity index is 1.67. The van der Waals surface area contributed by atoms with E-state index in [0.717, 1.165) is 12.8 Å². The molecule has 1 amide bonds. The Morgan fingerprint density at radius 3 is 2.50 bits per heavy atom. The Kier molecular flexibility index (Phi) is 3.26. The predicted molar refractivity (Wildman–Crippen MR) is 76.1 cm³/mol. The van der Waals surface area contributed by atoms with Crippen LogP contribution in [0.5, 0.6) is 0 Å². The third-order valence-corrected chi connectivity index (χ3v) is 3.91. The second kappa shape index (κ2) is 5.08. The SMILES string of the molecule is O=C(NCC1(c2ccccc2)CC1)c1cccc(F)c1. The lowest BCUT2D eigenvalue weighted by molar-refractivity contribution is 0.0949. The number of hydrogen-bond donors (Lipinski definition) is 1. The Hall–Kier alpha value is -2.16. The van der Waals surface area contributed by atoms with E-state index >= 15 is 0 Å². The van der Waals surface area contributed by atoms with E-state index in [-0.39, 0.29) is 17.1 Å². The molecular weight excluding hydrogens is 253 g/mol.